The van der Waals surface area contributed by atoms with Crippen LogP contribution in [0.25, 0.3) is 0 Å². The average molecular weight is 241 g/mol. The van der Waals surface area contributed by atoms with E-state index in [0.29, 0.717) is 12.8 Å². The third kappa shape index (κ3) is 3.18. The van der Waals surface area contributed by atoms with E-state index in [-0.39, 0.29) is 24.2 Å². The molecule has 2 saturated carbocycles. The second-order valence-electron chi connectivity index (χ2n) is 5.98. The Labute approximate surface area is 102 Å². The molecule has 2 fully saturated rings. The van der Waals surface area contributed by atoms with Crippen LogP contribution in [0.15, 0.2) is 0 Å². The summed E-state index contributed by atoms with van der Waals surface area (Å²) in [5.74, 6) is -2.41. The lowest BCUT2D eigenvalue weighted by molar-refractivity contribution is -0.0587. The number of rotatable bonds is 2. The molecule has 0 aliphatic heterocycles. The molecular formula is C14H21F2N. The van der Waals surface area contributed by atoms with E-state index in [1.807, 2.05) is 0 Å². The highest BCUT2D eigenvalue weighted by atomic mass is 19.3. The number of hydrogen-bond acceptors (Lipinski definition) is 1. The van der Waals surface area contributed by atoms with Gasteiger partial charge in [0.05, 0.1) is 11.5 Å². The smallest absolute Gasteiger partial charge is 0.207 e. The first-order chi connectivity index (χ1) is 8.05. The molecule has 1 nitrogen and oxygen atoms in total. The first-order valence-corrected chi connectivity index (χ1v) is 6.84. The van der Waals surface area contributed by atoms with Crippen molar-refractivity contribution in [1.82, 2.24) is 0 Å². The van der Waals surface area contributed by atoms with Crippen molar-refractivity contribution in [2.75, 3.05) is 0 Å². The standard InChI is InChI=1S/C14H21F2N/c15-14(16)8-4-5-12(10-14)9-13(11-17)6-2-1-3-7-13/h12H,1-10H2. The highest BCUT2D eigenvalue weighted by molar-refractivity contribution is 5.02. The Kier molecular flexibility index (Phi) is 3.70. The van der Waals surface area contributed by atoms with Gasteiger partial charge in [0.25, 0.3) is 0 Å². The fourth-order valence-corrected chi connectivity index (χ4v) is 3.59. The van der Waals surface area contributed by atoms with Gasteiger partial charge in [-0.3, -0.25) is 0 Å². The molecule has 0 bridgehead atoms. The predicted octanol–water partition coefficient (Wildman–Crippen LogP) is 4.68. The van der Waals surface area contributed by atoms with Crippen molar-refractivity contribution < 1.29 is 8.78 Å². The van der Waals surface area contributed by atoms with Gasteiger partial charge in [-0.1, -0.05) is 19.3 Å². The Morgan fingerprint density at radius 2 is 1.76 bits per heavy atom. The minimum Gasteiger partial charge on any atom is -0.207 e. The van der Waals surface area contributed by atoms with Crippen molar-refractivity contribution >= 4 is 0 Å². The summed E-state index contributed by atoms with van der Waals surface area (Å²) in [6.07, 6.45) is 7.51. The van der Waals surface area contributed by atoms with Gasteiger partial charge >= 0.3 is 0 Å². The van der Waals surface area contributed by atoms with Crippen LogP contribution < -0.4 is 0 Å². The van der Waals surface area contributed by atoms with E-state index in [0.717, 1.165) is 32.1 Å². The Hall–Kier alpha value is -0.650. The van der Waals surface area contributed by atoms with Crippen LogP contribution in [0.2, 0.25) is 0 Å². The van der Waals surface area contributed by atoms with Gasteiger partial charge in [-0.25, -0.2) is 8.78 Å². The van der Waals surface area contributed by atoms with Crippen molar-refractivity contribution in [3.8, 4) is 6.07 Å². The quantitative estimate of drug-likeness (QED) is 0.688. The summed E-state index contributed by atoms with van der Waals surface area (Å²) in [7, 11) is 0. The van der Waals surface area contributed by atoms with Gasteiger partial charge in [0, 0.05) is 12.8 Å². The lowest BCUT2D eigenvalue weighted by Gasteiger charge is -2.37. The normalized spacial score (nSPS) is 31.7. The van der Waals surface area contributed by atoms with E-state index in [2.05, 4.69) is 6.07 Å². The molecule has 0 N–H and O–H groups in total. The molecule has 0 heterocycles. The molecule has 0 aromatic carbocycles. The number of hydrogen-bond donors (Lipinski definition) is 0. The van der Waals surface area contributed by atoms with Crippen LogP contribution in [0.1, 0.15) is 64.2 Å². The van der Waals surface area contributed by atoms with Crippen LogP contribution in [0.4, 0.5) is 8.78 Å². The van der Waals surface area contributed by atoms with Crippen LogP contribution in [0.5, 0.6) is 0 Å². The molecule has 0 aromatic heterocycles. The molecule has 0 radical (unpaired) electrons. The molecular weight excluding hydrogens is 220 g/mol. The highest BCUT2D eigenvalue weighted by Crippen LogP contribution is 2.46. The van der Waals surface area contributed by atoms with E-state index in [1.54, 1.807) is 0 Å². The van der Waals surface area contributed by atoms with E-state index < -0.39 is 5.92 Å². The molecule has 0 amide bonds. The zero-order valence-electron chi connectivity index (χ0n) is 10.4. The lowest BCUT2D eigenvalue weighted by atomic mass is 9.67. The average Bonchev–Trinajstić information content (AvgIpc) is 2.29. The van der Waals surface area contributed by atoms with E-state index in [1.165, 1.54) is 6.42 Å². The Balaban J connectivity index is 1.96. The topological polar surface area (TPSA) is 23.8 Å². The molecule has 1 atom stereocenters. The summed E-state index contributed by atoms with van der Waals surface area (Å²) < 4.78 is 26.7. The molecule has 0 saturated heterocycles. The van der Waals surface area contributed by atoms with Gasteiger partial charge in [-0.2, -0.15) is 5.26 Å². The van der Waals surface area contributed by atoms with Gasteiger partial charge in [-0.05, 0) is 38.0 Å². The fraction of sp³-hybridized carbons (Fsp3) is 0.929. The van der Waals surface area contributed by atoms with Gasteiger partial charge in [0.15, 0.2) is 0 Å². The minimum absolute atomic E-state index is 0.0103. The van der Waals surface area contributed by atoms with Crippen molar-refractivity contribution in [1.29, 1.82) is 5.26 Å². The molecule has 2 aliphatic carbocycles. The summed E-state index contributed by atoms with van der Waals surface area (Å²) in [6, 6.07) is 2.45. The third-order valence-corrected chi connectivity index (χ3v) is 4.47. The van der Waals surface area contributed by atoms with E-state index in [9.17, 15) is 14.0 Å². The maximum atomic E-state index is 13.4. The van der Waals surface area contributed by atoms with Gasteiger partial charge in [0.1, 0.15) is 0 Å². The van der Waals surface area contributed by atoms with E-state index in [4.69, 9.17) is 0 Å². The van der Waals surface area contributed by atoms with Crippen LogP contribution in [-0.4, -0.2) is 5.92 Å². The first kappa shape index (κ1) is 12.8. The number of alkyl halides is 2. The van der Waals surface area contributed by atoms with Crippen LogP contribution in [-0.2, 0) is 0 Å². The molecule has 1 unspecified atom stereocenters. The van der Waals surface area contributed by atoms with Crippen molar-refractivity contribution in [2.45, 2.75) is 70.1 Å². The summed E-state index contributed by atoms with van der Waals surface area (Å²) in [5.41, 5.74) is -0.281. The molecule has 2 rings (SSSR count). The number of nitriles is 1. The zero-order valence-corrected chi connectivity index (χ0v) is 10.4. The zero-order chi connectivity index (χ0) is 12.4. The monoisotopic (exact) mass is 241 g/mol. The summed E-state index contributed by atoms with van der Waals surface area (Å²) >= 11 is 0. The van der Waals surface area contributed by atoms with Crippen LogP contribution >= 0.6 is 0 Å². The molecule has 17 heavy (non-hydrogen) atoms. The largest absolute Gasteiger partial charge is 0.248 e. The van der Waals surface area contributed by atoms with Gasteiger partial charge in [0.2, 0.25) is 5.92 Å². The molecule has 3 heteroatoms. The second-order valence-corrected chi connectivity index (χ2v) is 5.98. The second kappa shape index (κ2) is 4.92. The third-order valence-electron chi connectivity index (χ3n) is 4.47. The number of nitrogens with zero attached hydrogens (tertiary/aromatic N) is 1. The van der Waals surface area contributed by atoms with Crippen molar-refractivity contribution in [3.05, 3.63) is 0 Å². The van der Waals surface area contributed by atoms with Crippen molar-refractivity contribution in [3.63, 3.8) is 0 Å². The Bertz CT molecular complexity index is 300. The summed E-state index contributed by atoms with van der Waals surface area (Å²) in [4.78, 5) is 0. The summed E-state index contributed by atoms with van der Waals surface area (Å²) in [5, 5.41) is 9.36. The maximum absolute atomic E-state index is 13.4. The lowest BCUT2D eigenvalue weighted by Crippen LogP contribution is -2.31. The summed E-state index contributed by atoms with van der Waals surface area (Å²) in [6.45, 7) is 0. The molecule has 0 aromatic rings. The number of halogens is 2. The maximum Gasteiger partial charge on any atom is 0.248 e. The first-order valence-electron chi connectivity index (χ1n) is 6.84. The predicted molar refractivity (Wildman–Crippen MR) is 62.7 cm³/mol. The SMILES string of the molecule is N#CC1(CC2CCCC(F)(F)C2)CCCCC1. The van der Waals surface area contributed by atoms with Crippen LogP contribution in [0.3, 0.4) is 0 Å². The molecule has 2 aliphatic rings. The Morgan fingerprint density at radius 1 is 1.06 bits per heavy atom. The highest BCUT2D eigenvalue weighted by Gasteiger charge is 2.41. The van der Waals surface area contributed by atoms with Gasteiger partial charge < -0.3 is 0 Å². The molecule has 0 spiro atoms. The minimum atomic E-state index is -2.48. The van der Waals surface area contributed by atoms with Crippen LogP contribution in [0, 0.1) is 22.7 Å². The van der Waals surface area contributed by atoms with E-state index >= 15 is 0 Å². The molecule has 96 valence electrons. The van der Waals surface area contributed by atoms with Crippen molar-refractivity contribution in [2.24, 2.45) is 11.3 Å². The fourth-order valence-electron chi connectivity index (χ4n) is 3.59. The Morgan fingerprint density at radius 3 is 2.35 bits per heavy atom. The van der Waals surface area contributed by atoms with Gasteiger partial charge in [-0.15, -0.1) is 0 Å².